The van der Waals surface area contributed by atoms with Crippen LogP contribution in [0.5, 0.6) is 0 Å². The molecule has 2 aromatic carbocycles. The van der Waals surface area contributed by atoms with Crippen LogP contribution < -0.4 is 10.2 Å². The van der Waals surface area contributed by atoms with Crippen LogP contribution >= 0.6 is 11.6 Å². The Morgan fingerprint density at radius 2 is 1.83 bits per heavy atom. The summed E-state index contributed by atoms with van der Waals surface area (Å²) >= 11 is 6.07. The summed E-state index contributed by atoms with van der Waals surface area (Å²) in [5, 5.41) is 3.31. The summed E-state index contributed by atoms with van der Waals surface area (Å²) in [4.78, 5) is 41.2. The van der Waals surface area contributed by atoms with E-state index in [0.29, 0.717) is 16.5 Å². The van der Waals surface area contributed by atoms with Gasteiger partial charge < -0.3 is 14.6 Å². The number of furan rings is 1. The summed E-state index contributed by atoms with van der Waals surface area (Å²) in [7, 11) is 3.71. The number of halogens is 1. The number of benzene rings is 2. The van der Waals surface area contributed by atoms with Crippen LogP contribution in [0.3, 0.4) is 0 Å². The molecule has 0 saturated heterocycles. The van der Waals surface area contributed by atoms with Gasteiger partial charge in [0, 0.05) is 24.7 Å². The number of imide groups is 1. The zero-order valence-corrected chi connectivity index (χ0v) is 17.1. The molecule has 0 saturated carbocycles. The quantitative estimate of drug-likeness (QED) is 0.626. The van der Waals surface area contributed by atoms with Crippen molar-refractivity contribution in [1.82, 2.24) is 4.90 Å². The minimum Gasteiger partial charge on any atom is -0.467 e. The maximum atomic E-state index is 12.8. The van der Waals surface area contributed by atoms with Gasteiger partial charge in [-0.1, -0.05) is 11.6 Å². The van der Waals surface area contributed by atoms with Crippen molar-refractivity contribution in [2.45, 2.75) is 6.54 Å². The number of carbonyl (C=O) groups is 3. The molecule has 1 aromatic heterocycles. The molecule has 1 aliphatic rings. The first-order valence-corrected chi connectivity index (χ1v) is 9.54. The molecule has 0 atom stereocenters. The van der Waals surface area contributed by atoms with Crippen LogP contribution in [0, 0.1) is 0 Å². The van der Waals surface area contributed by atoms with Gasteiger partial charge in [-0.15, -0.1) is 0 Å². The number of fused-ring (bicyclic) bond motifs is 1. The first kappa shape index (κ1) is 19.7. The molecule has 8 heteroatoms. The summed E-state index contributed by atoms with van der Waals surface area (Å²) in [6.07, 6.45) is 1.48. The topological polar surface area (TPSA) is 82.9 Å². The molecular weight excluding hydrogens is 406 g/mol. The molecule has 152 valence electrons. The van der Waals surface area contributed by atoms with E-state index in [1.807, 2.05) is 19.0 Å². The lowest BCUT2D eigenvalue weighted by molar-refractivity contribution is 0.0631. The van der Waals surface area contributed by atoms with E-state index in [4.69, 9.17) is 16.0 Å². The molecule has 0 aliphatic carbocycles. The van der Waals surface area contributed by atoms with Gasteiger partial charge in [0.05, 0.1) is 35.3 Å². The van der Waals surface area contributed by atoms with Gasteiger partial charge in [0.2, 0.25) is 0 Å². The van der Waals surface area contributed by atoms with Crippen LogP contribution in [-0.2, 0) is 6.54 Å². The molecule has 1 N–H and O–H groups in total. The van der Waals surface area contributed by atoms with E-state index < -0.39 is 17.7 Å². The second-order valence-electron chi connectivity index (χ2n) is 7.05. The van der Waals surface area contributed by atoms with Crippen LogP contribution in [0.4, 0.5) is 11.4 Å². The summed E-state index contributed by atoms with van der Waals surface area (Å²) in [6, 6.07) is 13.0. The van der Waals surface area contributed by atoms with E-state index in [0.717, 1.165) is 10.6 Å². The molecule has 0 bridgehead atoms. The Morgan fingerprint density at radius 3 is 2.53 bits per heavy atom. The molecule has 7 nitrogen and oxygen atoms in total. The van der Waals surface area contributed by atoms with Gasteiger partial charge in [-0.05, 0) is 48.5 Å². The van der Waals surface area contributed by atoms with E-state index in [9.17, 15) is 14.4 Å². The van der Waals surface area contributed by atoms with Crippen molar-refractivity contribution in [3.63, 3.8) is 0 Å². The molecular formula is C22H18ClN3O4. The van der Waals surface area contributed by atoms with E-state index in [2.05, 4.69) is 5.32 Å². The molecule has 4 rings (SSSR count). The van der Waals surface area contributed by atoms with Gasteiger partial charge in [0.15, 0.2) is 0 Å². The third-order valence-electron chi connectivity index (χ3n) is 4.82. The lowest BCUT2D eigenvalue weighted by atomic mass is 10.1. The molecule has 3 amide bonds. The third kappa shape index (κ3) is 3.55. The fourth-order valence-corrected chi connectivity index (χ4v) is 3.50. The van der Waals surface area contributed by atoms with E-state index >= 15 is 0 Å². The Hall–Kier alpha value is -3.58. The van der Waals surface area contributed by atoms with E-state index in [1.165, 1.54) is 24.5 Å². The van der Waals surface area contributed by atoms with Crippen molar-refractivity contribution < 1.29 is 18.8 Å². The Labute approximate surface area is 177 Å². The standard InChI is InChI=1S/C22H18ClN3O4/c1-25(2)19-8-6-14(23)11-18(19)24-20(27)13-5-7-16-17(10-13)22(29)26(21(16)28)12-15-4-3-9-30-15/h3-11H,12H2,1-2H3,(H,24,27). The minimum absolute atomic E-state index is 0.0373. The highest BCUT2D eigenvalue weighted by molar-refractivity contribution is 6.31. The van der Waals surface area contributed by atoms with Crippen molar-refractivity contribution in [2.24, 2.45) is 0 Å². The Morgan fingerprint density at radius 1 is 1.07 bits per heavy atom. The summed E-state index contributed by atoms with van der Waals surface area (Å²) < 4.78 is 5.23. The number of amides is 3. The van der Waals surface area contributed by atoms with Gasteiger partial charge in [0.25, 0.3) is 17.7 Å². The van der Waals surface area contributed by atoms with Crippen molar-refractivity contribution in [1.29, 1.82) is 0 Å². The molecule has 1 aliphatic heterocycles. The van der Waals surface area contributed by atoms with Crippen molar-refractivity contribution in [2.75, 3.05) is 24.3 Å². The maximum Gasteiger partial charge on any atom is 0.261 e. The van der Waals surface area contributed by atoms with Crippen LogP contribution in [0.25, 0.3) is 0 Å². The molecule has 0 unspecified atom stereocenters. The third-order valence-corrected chi connectivity index (χ3v) is 5.05. The number of rotatable bonds is 5. The smallest absolute Gasteiger partial charge is 0.261 e. The molecule has 0 spiro atoms. The molecule has 0 fully saturated rings. The molecule has 3 aromatic rings. The number of anilines is 2. The van der Waals surface area contributed by atoms with Crippen LogP contribution in [-0.4, -0.2) is 36.7 Å². The van der Waals surface area contributed by atoms with E-state index in [1.54, 1.807) is 30.3 Å². The summed E-state index contributed by atoms with van der Waals surface area (Å²) in [6.45, 7) is 0.0373. The number of hydrogen-bond donors (Lipinski definition) is 1. The average Bonchev–Trinajstić information content (AvgIpc) is 3.30. The van der Waals surface area contributed by atoms with Gasteiger partial charge >= 0.3 is 0 Å². The SMILES string of the molecule is CN(C)c1ccc(Cl)cc1NC(=O)c1ccc2c(c1)C(=O)N(Cc1ccco1)C2=O. The van der Waals surface area contributed by atoms with Gasteiger partial charge in [-0.2, -0.15) is 0 Å². The highest BCUT2D eigenvalue weighted by Crippen LogP contribution is 2.29. The van der Waals surface area contributed by atoms with Gasteiger partial charge in [0.1, 0.15) is 5.76 Å². The predicted molar refractivity (Wildman–Crippen MR) is 113 cm³/mol. The van der Waals surface area contributed by atoms with Crippen LogP contribution in [0.1, 0.15) is 36.8 Å². The van der Waals surface area contributed by atoms with Crippen molar-refractivity contribution >= 4 is 40.7 Å². The lowest BCUT2D eigenvalue weighted by Gasteiger charge is -2.18. The largest absolute Gasteiger partial charge is 0.467 e. The van der Waals surface area contributed by atoms with Crippen LogP contribution in [0.2, 0.25) is 5.02 Å². The fourth-order valence-electron chi connectivity index (χ4n) is 3.33. The second-order valence-corrected chi connectivity index (χ2v) is 7.48. The highest BCUT2D eigenvalue weighted by Gasteiger charge is 2.36. The number of nitrogens with one attached hydrogen (secondary N) is 1. The summed E-state index contributed by atoms with van der Waals surface area (Å²) in [5.74, 6) is -0.784. The molecule has 2 heterocycles. The number of hydrogen-bond acceptors (Lipinski definition) is 5. The highest BCUT2D eigenvalue weighted by atomic mass is 35.5. The number of nitrogens with zero attached hydrogens (tertiary/aromatic N) is 2. The Bertz CT molecular complexity index is 1160. The zero-order valence-electron chi connectivity index (χ0n) is 16.3. The monoisotopic (exact) mass is 423 g/mol. The second kappa shape index (κ2) is 7.68. The Kier molecular flexibility index (Phi) is 5.05. The fraction of sp³-hybridized carbons (Fsp3) is 0.136. The average molecular weight is 424 g/mol. The van der Waals surface area contributed by atoms with Crippen molar-refractivity contribution in [3.8, 4) is 0 Å². The number of carbonyl (C=O) groups excluding carboxylic acids is 3. The summed E-state index contributed by atoms with van der Waals surface area (Å²) in [5.41, 5.74) is 2.04. The van der Waals surface area contributed by atoms with Gasteiger partial charge in [-0.3, -0.25) is 19.3 Å². The molecule has 0 radical (unpaired) electrons. The maximum absolute atomic E-state index is 12.8. The lowest BCUT2D eigenvalue weighted by Crippen LogP contribution is -2.28. The molecule has 30 heavy (non-hydrogen) atoms. The van der Waals surface area contributed by atoms with Gasteiger partial charge in [-0.25, -0.2) is 0 Å². The first-order valence-electron chi connectivity index (χ1n) is 9.16. The Balaban J connectivity index is 1.60. The predicted octanol–water partition coefficient (Wildman–Crippen LogP) is 4.05. The van der Waals surface area contributed by atoms with E-state index in [-0.39, 0.29) is 23.2 Å². The first-order chi connectivity index (χ1) is 14.3. The van der Waals surface area contributed by atoms with Crippen molar-refractivity contribution in [3.05, 3.63) is 82.3 Å². The zero-order chi connectivity index (χ0) is 21.4. The van der Waals surface area contributed by atoms with Crippen LogP contribution in [0.15, 0.2) is 59.2 Å². The minimum atomic E-state index is -0.460. The normalized spacial score (nSPS) is 12.8.